The number of nitrogens with zero attached hydrogens (tertiary/aromatic N) is 4. The Hall–Kier alpha value is -1.89. The highest BCUT2D eigenvalue weighted by Gasteiger charge is 2.48. The predicted molar refractivity (Wildman–Crippen MR) is 85.5 cm³/mol. The van der Waals surface area contributed by atoms with Crippen LogP contribution in [0.1, 0.15) is 19.3 Å². The lowest BCUT2D eigenvalue weighted by molar-refractivity contribution is -0.145. The number of amides is 1. The van der Waals surface area contributed by atoms with Crippen LogP contribution in [0, 0.1) is 5.41 Å². The Balaban J connectivity index is 1.73. The van der Waals surface area contributed by atoms with Gasteiger partial charge in [-0.3, -0.25) is 4.79 Å². The Bertz CT molecular complexity index is 568. The summed E-state index contributed by atoms with van der Waals surface area (Å²) >= 11 is 0. The highest BCUT2D eigenvalue weighted by Crippen LogP contribution is 2.41. The molecule has 1 amide bonds. The molecule has 126 valence electrons. The maximum atomic E-state index is 12.9. The average Bonchev–Trinajstić information content (AvgIpc) is 3.02. The molecular formula is C16H24N4O3. The summed E-state index contributed by atoms with van der Waals surface area (Å²) in [5, 5.41) is 0. The molecule has 0 aliphatic carbocycles. The van der Waals surface area contributed by atoms with E-state index < -0.39 is 0 Å². The van der Waals surface area contributed by atoms with Crippen LogP contribution >= 0.6 is 0 Å². The molecule has 2 fully saturated rings. The third kappa shape index (κ3) is 3.10. The molecule has 0 unspecified atom stereocenters. The number of likely N-dealkylation sites (tertiary alicyclic amines) is 1. The lowest BCUT2D eigenvalue weighted by Crippen LogP contribution is -2.51. The third-order valence-electron chi connectivity index (χ3n) is 4.90. The fraction of sp³-hybridized carbons (Fsp3) is 0.688. The van der Waals surface area contributed by atoms with Crippen molar-refractivity contribution in [3.63, 3.8) is 0 Å². The van der Waals surface area contributed by atoms with Crippen LogP contribution in [-0.2, 0) is 9.53 Å². The van der Waals surface area contributed by atoms with Crippen LogP contribution in [0.15, 0.2) is 12.4 Å². The van der Waals surface area contributed by atoms with Gasteiger partial charge in [-0.1, -0.05) is 0 Å². The molecule has 0 bridgehead atoms. The van der Waals surface area contributed by atoms with Crippen LogP contribution in [0.25, 0.3) is 0 Å². The van der Waals surface area contributed by atoms with E-state index in [1.165, 1.54) is 6.33 Å². The SMILES string of the molecule is COCCN1CCC[C@]2(CCN(c3cc(OC)ncn3)C2)C1=O. The van der Waals surface area contributed by atoms with Crippen LogP contribution < -0.4 is 9.64 Å². The van der Waals surface area contributed by atoms with Crippen LogP contribution in [0.5, 0.6) is 5.88 Å². The van der Waals surface area contributed by atoms with Gasteiger partial charge >= 0.3 is 0 Å². The van der Waals surface area contributed by atoms with Gasteiger partial charge < -0.3 is 19.3 Å². The van der Waals surface area contributed by atoms with Crippen molar-refractivity contribution in [2.24, 2.45) is 5.41 Å². The highest BCUT2D eigenvalue weighted by atomic mass is 16.5. The highest BCUT2D eigenvalue weighted by molar-refractivity contribution is 5.85. The summed E-state index contributed by atoms with van der Waals surface area (Å²) in [6, 6.07) is 1.83. The van der Waals surface area contributed by atoms with Crippen molar-refractivity contribution in [3.8, 4) is 5.88 Å². The van der Waals surface area contributed by atoms with Crippen molar-refractivity contribution in [1.29, 1.82) is 0 Å². The fourth-order valence-corrected chi connectivity index (χ4v) is 3.63. The predicted octanol–water partition coefficient (Wildman–Crippen LogP) is 0.950. The second kappa shape index (κ2) is 6.70. The summed E-state index contributed by atoms with van der Waals surface area (Å²) in [6.07, 6.45) is 4.39. The zero-order valence-corrected chi connectivity index (χ0v) is 13.8. The first-order valence-corrected chi connectivity index (χ1v) is 8.08. The van der Waals surface area contributed by atoms with E-state index in [4.69, 9.17) is 9.47 Å². The number of carbonyl (C=O) groups is 1. The number of aromatic nitrogens is 2. The summed E-state index contributed by atoms with van der Waals surface area (Å²) in [5.41, 5.74) is -0.274. The number of rotatable bonds is 5. The third-order valence-corrected chi connectivity index (χ3v) is 4.90. The van der Waals surface area contributed by atoms with Gasteiger partial charge in [-0.15, -0.1) is 0 Å². The molecule has 2 aliphatic rings. The summed E-state index contributed by atoms with van der Waals surface area (Å²) in [4.78, 5) is 25.4. The molecule has 2 saturated heterocycles. The molecule has 1 aromatic rings. The Morgan fingerprint density at radius 1 is 1.26 bits per heavy atom. The van der Waals surface area contributed by atoms with Crippen molar-refractivity contribution >= 4 is 11.7 Å². The smallest absolute Gasteiger partial charge is 0.230 e. The summed E-state index contributed by atoms with van der Waals surface area (Å²) in [5.74, 6) is 1.65. The maximum Gasteiger partial charge on any atom is 0.230 e. The topological polar surface area (TPSA) is 67.8 Å². The lowest BCUT2D eigenvalue weighted by Gasteiger charge is -2.39. The first-order chi connectivity index (χ1) is 11.2. The van der Waals surface area contributed by atoms with E-state index in [0.29, 0.717) is 19.0 Å². The van der Waals surface area contributed by atoms with Crippen LogP contribution in [0.2, 0.25) is 0 Å². The monoisotopic (exact) mass is 320 g/mol. The van der Waals surface area contributed by atoms with E-state index in [1.807, 2.05) is 11.0 Å². The van der Waals surface area contributed by atoms with E-state index in [1.54, 1.807) is 14.2 Å². The molecule has 3 heterocycles. The van der Waals surface area contributed by atoms with Gasteiger partial charge in [-0.2, -0.15) is 0 Å². The lowest BCUT2D eigenvalue weighted by atomic mass is 9.78. The standard InChI is InChI=1S/C16H24N4O3/c1-22-9-8-19-6-3-4-16(15(19)21)5-7-20(11-16)13-10-14(23-2)18-12-17-13/h10,12H,3-9,11H2,1-2H3/t16-/m1/s1. The zero-order chi connectivity index (χ0) is 16.3. The molecule has 0 N–H and O–H groups in total. The molecule has 0 saturated carbocycles. The van der Waals surface area contributed by atoms with E-state index in [0.717, 1.165) is 44.7 Å². The van der Waals surface area contributed by atoms with E-state index >= 15 is 0 Å². The Morgan fingerprint density at radius 3 is 2.91 bits per heavy atom. The minimum absolute atomic E-state index is 0.268. The quantitative estimate of drug-likeness (QED) is 0.805. The summed E-state index contributed by atoms with van der Waals surface area (Å²) < 4.78 is 10.3. The van der Waals surface area contributed by atoms with E-state index in [-0.39, 0.29) is 11.3 Å². The number of piperidine rings is 1. The number of hydrogen-bond donors (Lipinski definition) is 0. The van der Waals surface area contributed by atoms with Crippen LogP contribution in [-0.4, -0.2) is 67.8 Å². The van der Waals surface area contributed by atoms with Gasteiger partial charge in [-0.25, -0.2) is 9.97 Å². The second-order valence-corrected chi connectivity index (χ2v) is 6.26. The van der Waals surface area contributed by atoms with Crippen molar-refractivity contribution in [2.75, 3.05) is 51.9 Å². The first kappa shape index (κ1) is 16.0. The average molecular weight is 320 g/mol. The largest absolute Gasteiger partial charge is 0.481 e. The van der Waals surface area contributed by atoms with Crippen LogP contribution in [0.4, 0.5) is 5.82 Å². The van der Waals surface area contributed by atoms with Gasteiger partial charge in [0.15, 0.2) is 0 Å². The van der Waals surface area contributed by atoms with Crippen LogP contribution in [0.3, 0.4) is 0 Å². The number of methoxy groups -OCH3 is 2. The summed E-state index contributed by atoms with van der Waals surface area (Å²) in [7, 11) is 3.26. The molecule has 1 atom stereocenters. The fourth-order valence-electron chi connectivity index (χ4n) is 3.63. The summed E-state index contributed by atoms with van der Waals surface area (Å²) in [6.45, 7) is 3.66. The van der Waals surface area contributed by atoms with Gasteiger partial charge in [0.25, 0.3) is 0 Å². The van der Waals surface area contributed by atoms with Crippen molar-refractivity contribution in [2.45, 2.75) is 19.3 Å². The normalized spacial score (nSPS) is 24.5. The molecular weight excluding hydrogens is 296 g/mol. The number of hydrogen-bond acceptors (Lipinski definition) is 6. The zero-order valence-electron chi connectivity index (χ0n) is 13.8. The molecule has 1 spiro atoms. The van der Waals surface area contributed by atoms with E-state index in [2.05, 4.69) is 14.9 Å². The van der Waals surface area contributed by atoms with Gasteiger partial charge in [0, 0.05) is 39.4 Å². The molecule has 23 heavy (non-hydrogen) atoms. The maximum absolute atomic E-state index is 12.9. The molecule has 2 aliphatic heterocycles. The van der Waals surface area contributed by atoms with Gasteiger partial charge in [0.2, 0.25) is 11.8 Å². The molecule has 7 nitrogen and oxygen atoms in total. The molecule has 0 radical (unpaired) electrons. The van der Waals surface area contributed by atoms with Crippen molar-refractivity contribution < 1.29 is 14.3 Å². The molecule has 1 aromatic heterocycles. The number of anilines is 1. The Kier molecular flexibility index (Phi) is 4.66. The molecule has 7 heteroatoms. The molecule has 3 rings (SSSR count). The minimum Gasteiger partial charge on any atom is -0.481 e. The number of ether oxygens (including phenoxy) is 2. The second-order valence-electron chi connectivity index (χ2n) is 6.26. The Morgan fingerprint density at radius 2 is 2.13 bits per heavy atom. The van der Waals surface area contributed by atoms with Crippen molar-refractivity contribution in [3.05, 3.63) is 12.4 Å². The Labute approximate surface area is 136 Å². The van der Waals surface area contributed by atoms with E-state index in [9.17, 15) is 4.79 Å². The molecule has 0 aromatic carbocycles. The van der Waals surface area contributed by atoms with Gasteiger partial charge in [0.1, 0.15) is 12.1 Å². The van der Waals surface area contributed by atoms with Crippen molar-refractivity contribution in [1.82, 2.24) is 14.9 Å². The van der Waals surface area contributed by atoms with Gasteiger partial charge in [0.05, 0.1) is 19.1 Å². The first-order valence-electron chi connectivity index (χ1n) is 8.08. The van der Waals surface area contributed by atoms with Gasteiger partial charge in [-0.05, 0) is 19.3 Å². The minimum atomic E-state index is -0.274. The number of carbonyl (C=O) groups excluding carboxylic acids is 1.